The molecule has 0 heterocycles. The molecule has 2 aromatic rings. The van der Waals surface area contributed by atoms with E-state index in [0.717, 1.165) is 0 Å². The van der Waals surface area contributed by atoms with Gasteiger partial charge in [0.1, 0.15) is 0 Å². The van der Waals surface area contributed by atoms with Crippen LogP contribution in [-0.4, -0.2) is 11.6 Å². The van der Waals surface area contributed by atoms with Gasteiger partial charge >= 0.3 is 0 Å². The molecule has 0 fully saturated rings. The number of benzene rings is 2. The van der Waals surface area contributed by atoms with Crippen LogP contribution in [0, 0.1) is 0 Å². The molecule has 0 aromatic heterocycles. The van der Waals surface area contributed by atoms with Crippen LogP contribution in [0.25, 0.3) is 0 Å². The summed E-state index contributed by atoms with van der Waals surface area (Å²) in [5.74, 6) is 0.0276. The van der Waals surface area contributed by atoms with Gasteiger partial charge in [-0.2, -0.15) is 0 Å². The minimum absolute atomic E-state index is 0.0138. The lowest BCUT2D eigenvalue weighted by atomic mass is 10.0. The fraction of sp³-hybridized carbons (Fsp3) is 0.300. The first-order valence-corrected chi connectivity index (χ1v) is 7.94. The molecule has 0 amide bonds. The summed E-state index contributed by atoms with van der Waals surface area (Å²) < 4.78 is 0. The number of carbonyl (C=O) groups excluding carboxylic acids is 2. The summed E-state index contributed by atoms with van der Waals surface area (Å²) in [5.41, 5.74) is 1.33. The molecule has 2 nitrogen and oxygen atoms in total. The van der Waals surface area contributed by atoms with Crippen LogP contribution in [0.15, 0.2) is 60.7 Å². The van der Waals surface area contributed by atoms with Gasteiger partial charge in [0.05, 0.1) is 0 Å². The number of ketones is 2. The van der Waals surface area contributed by atoms with E-state index in [2.05, 4.69) is 0 Å². The number of carbonyl (C=O) groups is 2. The summed E-state index contributed by atoms with van der Waals surface area (Å²) in [6.45, 7) is 8.00. The van der Waals surface area contributed by atoms with Crippen LogP contribution in [-0.2, 0) is 0 Å². The molecule has 2 heteroatoms. The van der Waals surface area contributed by atoms with E-state index in [1.807, 2.05) is 64.1 Å². The predicted octanol–water partition coefficient (Wildman–Crippen LogP) is 5.58. The molecule has 0 saturated heterocycles. The molecule has 0 N–H and O–H groups in total. The van der Waals surface area contributed by atoms with E-state index >= 15 is 0 Å². The van der Waals surface area contributed by atoms with Crippen molar-refractivity contribution in [2.24, 2.45) is 0 Å². The van der Waals surface area contributed by atoms with E-state index in [0.29, 0.717) is 11.1 Å². The van der Waals surface area contributed by atoms with Crippen molar-refractivity contribution in [1.29, 1.82) is 0 Å². The van der Waals surface area contributed by atoms with Crippen molar-refractivity contribution in [3.05, 3.63) is 71.8 Å². The smallest absolute Gasteiger partial charge is 0.163 e. The molecule has 0 saturated carbocycles. The zero-order valence-corrected chi connectivity index (χ0v) is 14.0. The molecule has 0 atom stereocenters. The van der Waals surface area contributed by atoms with Crippen molar-refractivity contribution in [3.63, 3.8) is 0 Å². The molecule has 0 aliphatic heterocycles. The molecule has 0 aliphatic carbocycles. The summed E-state index contributed by atoms with van der Waals surface area (Å²) >= 11 is 0. The van der Waals surface area contributed by atoms with Crippen LogP contribution in [0.4, 0.5) is 0 Å². The zero-order chi connectivity index (χ0) is 16.8. The van der Waals surface area contributed by atoms with Gasteiger partial charge in [-0.15, -0.1) is 0 Å². The number of Topliss-reactive ketones (excluding diaryl/α,β-unsaturated/α-hetero) is 2. The first kappa shape index (κ1) is 19.8. The van der Waals surface area contributed by atoms with Crippen LogP contribution in [0.1, 0.15) is 61.3 Å². The average Bonchev–Trinajstić information content (AvgIpc) is 2.64. The van der Waals surface area contributed by atoms with Gasteiger partial charge in [-0.05, 0) is 0 Å². The number of hydrogen-bond donors (Lipinski definition) is 0. The fourth-order valence-corrected chi connectivity index (χ4v) is 1.76. The molecule has 118 valence electrons. The molecule has 0 radical (unpaired) electrons. The first-order valence-electron chi connectivity index (χ1n) is 7.94. The van der Waals surface area contributed by atoms with Gasteiger partial charge in [0.15, 0.2) is 11.6 Å². The van der Waals surface area contributed by atoms with E-state index in [1.165, 1.54) is 0 Å². The number of rotatable bonds is 5. The molecule has 22 heavy (non-hydrogen) atoms. The summed E-state index contributed by atoms with van der Waals surface area (Å²) in [4.78, 5) is 23.7. The monoisotopic (exact) mass is 298 g/mol. The maximum Gasteiger partial charge on any atom is 0.163 e. The Kier molecular flexibility index (Phi) is 11.3. The van der Waals surface area contributed by atoms with E-state index in [4.69, 9.17) is 0 Å². The Balaban J connectivity index is 0.00000102. The fourth-order valence-electron chi connectivity index (χ4n) is 1.76. The Labute approximate surface area is 134 Å². The maximum atomic E-state index is 11.8. The van der Waals surface area contributed by atoms with E-state index in [1.54, 1.807) is 24.3 Å². The number of hydrogen-bond acceptors (Lipinski definition) is 2. The lowest BCUT2D eigenvalue weighted by Gasteiger charge is -2.01. The van der Waals surface area contributed by atoms with Crippen LogP contribution in [0.5, 0.6) is 0 Å². The Hall–Kier alpha value is -2.22. The highest BCUT2D eigenvalue weighted by Gasteiger charge is 2.10. The maximum absolute atomic E-state index is 11.8. The largest absolute Gasteiger partial charge is 0.294 e. The van der Waals surface area contributed by atoms with E-state index in [-0.39, 0.29) is 24.4 Å². The predicted molar refractivity (Wildman–Crippen MR) is 93.5 cm³/mol. The standard InChI is InChI=1S/C16H14O2.2C2H6/c17-15(13-7-3-1-4-8-13)11-12-16(18)14-9-5-2-6-10-14;2*1-2/h1-10H,11-12H2;2*1-2H3. The quantitative estimate of drug-likeness (QED) is 0.675. The van der Waals surface area contributed by atoms with Crippen LogP contribution < -0.4 is 0 Å². The second kappa shape index (κ2) is 12.5. The highest BCUT2D eigenvalue weighted by atomic mass is 16.1. The highest BCUT2D eigenvalue weighted by Crippen LogP contribution is 2.09. The minimum Gasteiger partial charge on any atom is -0.294 e. The first-order chi connectivity index (χ1) is 10.8. The topological polar surface area (TPSA) is 34.1 Å². The lowest BCUT2D eigenvalue weighted by molar-refractivity contribution is 0.0917. The van der Waals surface area contributed by atoms with Gasteiger partial charge in [-0.25, -0.2) is 0 Å². The Bertz CT molecular complexity index is 479. The molecule has 2 rings (SSSR count). The van der Waals surface area contributed by atoms with Crippen LogP contribution in [0.3, 0.4) is 0 Å². The van der Waals surface area contributed by atoms with Crippen molar-refractivity contribution in [2.75, 3.05) is 0 Å². The SMILES string of the molecule is CC.CC.O=C(CCC(=O)c1ccccc1)c1ccccc1. The Morgan fingerprint density at radius 1 is 0.591 bits per heavy atom. The third kappa shape index (κ3) is 6.98. The highest BCUT2D eigenvalue weighted by molar-refractivity contribution is 6.02. The van der Waals surface area contributed by atoms with Crippen molar-refractivity contribution < 1.29 is 9.59 Å². The van der Waals surface area contributed by atoms with E-state index < -0.39 is 0 Å². The second-order valence-corrected chi connectivity index (χ2v) is 4.08. The van der Waals surface area contributed by atoms with Crippen LogP contribution in [0.2, 0.25) is 0 Å². The second-order valence-electron chi connectivity index (χ2n) is 4.08. The van der Waals surface area contributed by atoms with Gasteiger partial charge < -0.3 is 0 Å². The molecule has 0 bridgehead atoms. The zero-order valence-electron chi connectivity index (χ0n) is 14.0. The van der Waals surface area contributed by atoms with E-state index in [9.17, 15) is 9.59 Å². The van der Waals surface area contributed by atoms with Crippen molar-refractivity contribution >= 4 is 11.6 Å². The molecule has 2 aromatic carbocycles. The average molecular weight is 298 g/mol. The van der Waals surface area contributed by atoms with Crippen LogP contribution >= 0.6 is 0 Å². The lowest BCUT2D eigenvalue weighted by Crippen LogP contribution is -2.05. The minimum atomic E-state index is 0.0138. The van der Waals surface area contributed by atoms with Gasteiger partial charge in [-0.1, -0.05) is 88.4 Å². The van der Waals surface area contributed by atoms with Crippen molar-refractivity contribution in [2.45, 2.75) is 40.5 Å². The third-order valence-corrected chi connectivity index (χ3v) is 2.77. The Morgan fingerprint density at radius 2 is 0.864 bits per heavy atom. The molecule has 0 aliphatic rings. The molecular weight excluding hydrogens is 272 g/mol. The van der Waals surface area contributed by atoms with Gasteiger partial charge in [0.25, 0.3) is 0 Å². The normalized spacial score (nSPS) is 8.73. The van der Waals surface area contributed by atoms with Gasteiger partial charge in [-0.3, -0.25) is 9.59 Å². The summed E-state index contributed by atoms with van der Waals surface area (Å²) in [7, 11) is 0. The Morgan fingerprint density at radius 3 is 1.14 bits per heavy atom. The van der Waals surface area contributed by atoms with Crippen molar-refractivity contribution in [1.82, 2.24) is 0 Å². The molecular formula is C20H26O2. The van der Waals surface area contributed by atoms with Gasteiger partial charge in [0.2, 0.25) is 0 Å². The third-order valence-electron chi connectivity index (χ3n) is 2.77. The molecule has 0 unspecified atom stereocenters. The summed E-state index contributed by atoms with van der Waals surface area (Å²) in [6.07, 6.45) is 0.523. The summed E-state index contributed by atoms with van der Waals surface area (Å²) in [5, 5.41) is 0. The van der Waals surface area contributed by atoms with Crippen molar-refractivity contribution in [3.8, 4) is 0 Å². The molecule has 0 spiro atoms. The summed E-state index contributed by atoms with van der Waals surface area (Å²) in [6, 6.07) is 18.1. The van der Waals surface area contributed by atoms with Gasteiger partial charge in [0, 0.05) is 24.0 Å².